The van der Waals surface area contributed by atoms with E-state index in [1.165, 1.54) is 12.1 Å². The lowest BCUT2D eigenvalue weighted by atomic mass is 10.1. The molecule has 0 bridgehead atoms. The van der Waals surface area contributed by atoms with Crippen LogP contribution in [0.1, 0.15) is 15.9 Å². The highest BCUT2D eigenvalue weighted by Crippen LogP contribution is 2.28. The van der Waals surface area contributed by atoms with Crippen LogP contribution in [0, 0.1) is 25.0 Å². The number of Topliss-reactive ketones (excluding diaryl/α,β-unsaturated/α-hetero) is 1. The Morgan fingerprint density at radius 1 is 1.62 bits per heavy atom. The maximum atomic E-state index is 11.5. The fraction of sp³-hybridized carbons (Fsp3) is 0.111. The maximum Gasteiger partial charge on any atom is 0.301 e. The van der Waals surface area contributed by atoms with Crippen LogP contribution in [0.25, 0.3) is 0 Å². The molecule has 0 aromatic heterocycles. The van der Waals surface area contributed by atoms with E-state index in [1.54, 1.807) is 28.7 Å². The first-order chi connectivity index (χ1) is 7.52. The summed E-state index contributed by atoms with van der Waals surface area (Å²) >= 11 is 4.70. The van der Waals surface area contributed by atoms with Crippen LogP contribution < -0.4 is 0 Å². The number of hydrogen-bond acceptors (Lipinski definition) is 4. The second-order valence-corrected chi connectivity index (χ2v) is 4.39. The van der Waals surface area contributed by atoms with Gasteiger partial charge in [0.2, 0.25) is 0 Å². The molecule has 0 amide bonds. The van der Waals surface area contributed by atoms with Crippen molar-refractivity contribution in [1.29, 1.82) is 5.26 Å². The van der Waals surface area contributed by atoms with Crippen molar-refractivity contribution in [2.24, 2.45) is 0 Å². The number of alkyl halides is 1. The van der Waals surface area contributed by atoms with Crippen molar-refractivity contribution in [3.8, 4) is 6.07 Å². The van der Waals surface area contributed by atoms with E-state index in [1.807, 2.05) is 0 Å². The van der Waals surface area contributed by atoms with Crippen LogP contribution in [0.4, 0.5) is 5.69 Å². The smallest absolute Gasteiger partial charge is 0.293 e. The minimum Gasteiger partial charge on any atom is -0.293 e. The minimum absolute atomic E-state index is 0.0412. The molecule has 5 nitrogen and oxygen atoms in total. The van der Waals surface area contributed by atoms with Gasteiger partial charge in [0.1, 0.15) is 15.2 Å². The number of benzene rings is 1. The number of nitro benzene ring substituents is 1. The van der Waals surface area contributed by atoms with E-state index in [2.05, 4.69) is 15.9 Å². The van der Waals surface area contributed by atoms with Crippen LogP contribution in [-0.4, -0.2) is 16.0 Å². The zero-order valence-electron chi connectivity index (χ0n) is 7.74. The number of nitrogens with zero attached hydrogens (tertiary/aromatic N) is 2. The summed E-state index contributed by atoms with van der Waals surface area (Å²) in [6.07, 6.45) is 0. The summed E-state index contributed by atoms with van der Waals surface area (Å²) in [6.45, 7) is 0. The van der Waals surface area contributed by atoms with Gasteiger partial charge in [0.05, 0.1) is 10.3 Å². The number of rotatable bonds is 3. The van der Waals surface area contributed by atoms with Gasteiger partial charge in [0, 0.05) is 5.56 Å². The second kappa shape index (κ2) is 5.36. The standard InChI is InChI=1S/C9H4BrIN2O3/c10-3-7(14)6-2-1-5(4-12)9(8(6)11)13(15)16/h1-2H,3H2. The number of nitro groups is 1. The van der Waals surface area contributed by atoms with E-state index in [-0.39, 0.29) is 31.5 Å². The van der Waals surface area contributed by atoms with Gasteiger partial charge in [-0.25, -0.2) is 0 Å². The molecule has 0 aliphatic heterocycles. The molecule has 0 saturated heterocycles. The zero-order valence-corrected chi connectivity index (χ0v) is 11.5. The van der Waals surface area contributed by atoms with Gasteiger partial charge in [-0.3, -0.25) is 14.9 Å². The third-order valence-electron chi connectivity index (χ3n) is 1.84. The summed E-state index contributed by atoms with van der Waals surface area (Å²) in [5.41, 5.74) is -0.0985. The lowest BCUT2D eigenvalue weighted by Crippen LogP contribution is -2.06. The number of carbonyl (C=O) groups is 1. The zero-order chi connectivity index (χ0) is 12.3. The fourth-order valence-corrected chi connectivity index (χ4v) is 2.39. The number of ketones is 1. The van der Waals surface area contributed by atoms with Crippen molar-refractivity contribution in [1.82, 2.24) is 0 Å². The molecule has 1 rings (SSSR count). The van der Waals surface area contributed by atoms with Gasteiger partial charge in [-0.15, -0.1) is 0 Å². The molecule has 0 spiro atoms. The van der Waals surface area contributed by atoms with E-state index in [4.69, 9.17) is 5.26 Å². The summed E-state index contributed by atoms with van der Waals surface area (Å²) in [5.74, 6) is -0.253. The molecule has 0 fully saturated rings. The lowest BCUT2D eigenvalue weighted by Gasteiger charge is -2.03. The van der Waals surface area contributed by atoms with Crippen molar-refractivity contribution in [3.05, 3.63) is 36.9 Å². The molecule has 0 unspecified atom stereocenters. The van der Waals surface area contributed by atoms with Crippen LogP contribution in [-0.2, 0) is 0 Å². The van der Waals surface area contributed by atoms with Crippen LogP contribution in [0.3, 0.4) is 0 Å². The Morgan fingerprint density at radius 2 is 2.25 bits per heavy atom. The van der Waals surface area contributed by atoms with Crippen molar-refractivity contribution in [3.63, 3.8) is 0 Å². The molecule has 82 valence electrons. The first-order valence-electron chi connectivity index (χ1n) is 3.99. The van der Waals surface area contributed by atoms with Gasteiger partial charge in [-0.05, 0) is 34.7 Å². The van der Waals surface area contributed by atoms with Crippen molar-refractivity contribution in [2.45, 2.75) is 0 Å². The molecule has 16 heavy (non-hydrogen) atoms. The highest BCUT2D eigenvalue weighted by atomic mass is 127. The van der Waals surface area contributed by atoms with Gasteiger partial charge in [-0.1, -0.05) is 15.9 Å². The second-order valence-electron chi connectivity index (χ2n) is 2.75. The van der Waals surface area contributed by atoms with E-state index in [9.17, 15) is 14.9 Å². The summed E-state index contributed by atoms with van der Waals surface area (Å²) in [5, 5.41) is 19.6. The molecule has 1 aromatic carbocycles. The Hall–Kier alpha value is -1.01. The van der Waals surface area contributed by atoms with Crippen LogP contribution >= 0.6 is 38.5 Å². The summed E-state index contributed by atoms with van der Waals surface area (Å²) < 4.78 is 0.200. The number of halogens is 2. The van der Waals surface area contributed by atoms with E-state index in [0.717, 1.165) is 0 Å². The molecule has 0 aliphatic rings. The van der Waals surface area contributed by atoms with Crippen LogP contribution in [0.2, 0.25) is 0 Å². The molecule has 0 N–H and O–H groups in total. The van der Waals surface area contributed by atoms with E-state index >= 15 is 0 Å². The molecule has 7 heteroatoms. The predicted molar refractivity (Wildman–Crippen MR) is 68.7 cm³/mol. The van der Waals surface area contributed by atoms with Gasteiger partial charge in [0.15, 0.2) is 5.78 Å². The first kappa shape index (κ1) is 13.1. The third-order valence-corrected chi connectivity index (χ3v) is 3.44. The first-order valence-corrected chi connectivity index (χ1v) is 6.19. The average Bonchev–Trinajstić information content (AvgIpc) is 2.26. The van der Waals surface area contributed by atoms with Crippen molar-refractivity contribution in [2.75, 3.05) is 5.33 Å². The lowest BCUT2D eigenvalue weighted by molar-refractivity contribution is -0.386. The highest BCUT2D eigenvalue weighted by Gasteiger charge is 2.23. The molecule has 1 aromatic rings. The van der Waals surface area contributed by atoms with Crippen LogP contribution in [0.5, 0.6) is 0 Å². The SMILES string of the molecule is N#Cc1ccc(C(=O)CBr)c(I)c1[N+](=O)[O-]. The molecular formula is C9H4BrIN2O3. The fourth-order valence-electron chi connectivity index (χ4n) is 1.12. The molecule has 0 heterocycles. The topological polar surface area (TPSA) is 84.0 Å². The van der Waals surface area contributed by atoms with Gasteiger partial charge < -0.3 is 0 Å². The van der Waals surface area contributed by atoms with Gasteiger partial charge in [0.25, 0.3) is 0 Å². The third kappa shape index (κ3) is 2.38. The summed E-state index contributed by atoms with van der Waals surface area (Å²) in [7, 11) is 0. The van der Waals surface area contributed by atoms with Gasteiger partial charge in [-0.2, -0.15) is 5.26 Å². The quantitative estimate of drug-likeness (QED) is 0.259. The molecule has 0 aliphatic carbocycles. The average molecular weight is 395 g/mol. The summed E-state index contributed by atoms with van der Waals surface area (Å²) in [6, 6.07) is 4.45. The predicted octanol–water partition coefficient (Wildman–Crippen LogP) is 2.65. The minimum atomic E-state index is -0.647. The Morgan fingerprint density at radius 3 is 2.69 bits per heavy atom. The molecule has 0 atom stereocenters. The largest absolute Gasteiger partial charge is 0.301 e. The van der Waals surface area contributed by atoms with Crippen molar-refractivity contribution >= 4 is 50.0 Å². The molecule has 0 saturated carbocycles. The van der Waals surface area contributed by atoms with Crippen molar-refractivity contribution < 1.29 is 9.72 Å². The molecular weight excluding hydrogens is 391 g/mol. The number of nitriles is 1. The highest BCUT2D eigenvalue weighted by molar-refractivity contribution is 14.1. The Balaban J connectivity index is 3.51. The Kier molecular flexibility index (Phi) is 4.37. The normalized spacial score (nSPS) is 9.56. The Labute approximate surface area is 113 Å². The summed E-state index contributed by atoms with van der Waals surface area (Å²) in [4.78, 5) is 21.6. The Bertz CT molecular complexity index is 510. The molecule has 0 radical (unpaired) electrons. The number of carbonyl (C=O) groups excluding carboxylic acids is 1. The van der Waals surface area contributed by atoms with Gasteiger partial charge >= 0.3 is 5.69 Å². The van der Waals surface area contributed by atoms with Crippen LogP contribution in [0.15, 0.2) is 12.1 Å². The number of hydrogen-bond donors (Lipinski definition) is 0. The maximum absolute atomic E-state index is 11.5. The monoisotopic (exact) mass is 394 g/mol. The van der Waals surface area contributed by atoms with E-state index in [0.29, 0.717) is 0 Å². The van der Waals surface area contributed by atoms with E-state index < -0.39 is 4.92 Å².